The van der Waals surface area contributed by atoms with Crippen LogP contribution in [0.15, 0.2) is 12.1 Å². The number of hydrogen-bond acceptors (Lipinski definition) is 4. The van der Waals surface area contributed by atoms with E-state index in [1.807, 2.05) is 13.0 Å². The second-order valence-electron chi connectivity index (χ2n) is 9.00. The first-order valence-corrected chi connectivity index (χ1v) is 11.8. The number of aryl methyl sites for hydroxylation is 2. The number of aliphatic hydroxyl groups is 1. The fourth-order valence-electron chi connectivity index (χ4n) is 6.29. The van der Waals surface area contributed by atoms with E-state index in [0.717, 1.165) is 44.1 Å². The molecule has 5 atom stereocenters. The van der Waals surface area contributed by atoms with Crippen LogP contribution in [-0.2, 0) is 23.1 Å². The number of hydrogen-bond donors (Lipinski definition) is 2. The molecule has 5 nitrogen and oxygen atoms in total. The Morgan fingerprint density at radius 1 is 1.26 bits per heavy atom. The van der Waals surface area contributed by atoms with Gasteiger partial charge in [0, 0.05) is 0 Å². The van der Waals surface area contributed by atoms with Crippen LogP contribution in [0.4, 0.5) is 0 Å². The Labute approximate surface area is 162 Å². The summed E-state index contributed by atoms with van der Waals surface area (Å²) in [5, 5.41) is 15.8. The summed E-state index contributed by atoms with van der Waals surface area (Å²) in [6.45, 7) is 4.31. The molecule has 0 aromatic heterocycles. The lowest BCUT2D eigenvalue weighted by Crippen LogP contribution is -2.51. The van der Waals surface area contributed by atoms with Gasteiger partial charge in [0.25, 0.3) is 0 Å². The van der Waals surface area contributed by atoms with E-state index < -0.39 is 10.3 Å². The molecule has 3 N–H and O–H groups in total. The average molecular weight is 394 g/mol. The van der Waals surface area contributed by atoms with E-state index in [-0.39, 0.29) is 11.5 Å². The Hall–Kier alpha value is -1.11. The van der Waals surface area contributed by atoms with Crippen molar-refractivity contribution in [3.05, 3.63) is 28.8 Å². The van der Waals surface area contributed by atoms with Crippen molar-refractivity contribution in [2.75, 3.05) is 0 Å². The molecule has 1 aromatic rings. The first-order chi connectivity index (χ1) is 12.7. The van der Waals surface area contributed by atoms with Gasteiger partial charge in [-0.3, -0.25) is 0 Å². The van der Waals surface area contributed by atoms with Crippen molar-refractivity contribution in [1.82, 2.24) is 0 Å². The standard InChI is InChI=1S/C21H31NO4S/c1-3-13-11-17-14(12-19(13)26-27(22,24)25)7-8-16-15(17)9-10-21(2)18(16)5-4-6-20(21)23/h11-12,15-16,18,20,23H,3-10H2,1-2H3,(H2,22,24,25)/t15-,16+,18-,20?,21-/m0/s1. The number of nitrogens with two attached hydrogens (primary N) is 1. The molecule has 4 rings (SSSR count). The van der Waals surface area contributed by atoms with Crippen LogP contribution in [0, 0.1) is 17.3 Å². The van der Waals surface area contributed by atoms with Crippen LogP contribution in [0.3, 0.4) is 0 Å². The summed E-state index contributed by atoms with van der Waals surface area (Å²) in [5.74, 6) is 2.08. The van der Waals surface area contributed by atoms with Gasteiger partial charge in [-0.25, -0.2) is 0 Å². The fraction of sp³-hybridized carbons (Fsp3) is 0.714. The highest BCUT2D eigenvalue weighted by Gasteiger charge is 2.52. The van der Waals surface area contributed by atoms with Crippen molar-refractivity contribution in [3.8, 4) is 5.75 Å². The molecule has 0 aliphatic heterocycles. The lowest BCUT2D eigenvalue weighted by Gasteiger charge is -2.56. The molecule has 2 saturated carbocycles. The molecule has 0 radical (unpaired) electrons. The maximum atomic E-state index is 11.4. The van der Waals surface area contributed by atoms with Gasteiger partial charge in [0.05, 0.1) is 6.10 Å². The molecule has 0 saturated heterocycles. The molecule has 1 unspecified atom stereocenters. The Morgan fingerprint density at radius 2 is 2.04 bits per heavy atom. The van der Waals surface area contributed by atoms with Crippen LogP contribution >= 0.6 is 0 Å². The zero-order valence-corrected chi connectivity index (χ0v) is 17.1. The highest BCUT2D eigenvalue weighted by Crippen LogP contribution is 2.59. The Kier molecular flexibility index (Phi) is 4.80. The lowest BCUT2D eigenvalue weighted by molar-refractivity contribution is -0.0976. The van der Waals surface area contributed by atoms with Crippen molar-refractivity contribution >= 4 is 10.3 Å². The van der Waals surface area contributed by atoms with Crippen LogP contribution in [-0.4, -0.2) is 19.6 Å². The Bertz CT molecular complexity index is 837. The second kappa shape index (κ2) is 6.75. The first-order valence-electron chi connectivity index (χ1n) is 10.3. The molecule has 3 aliphatic rings. The second-order valence-corrected chi connectivity index (χ2v) is 10.1. The molecule has 0 spiro atoms. The molecule has 1 aromatic carbocycles. The zero-order valence-electron chi connectivity index (χ0n) is 16.3. The molecule has 2 fully saturated rings. The smallest absolute Gasteiger partial charge is 0.380 e. The number of fused-ring (bicyclic) bond motifs is 5. The molecule has 27 heavy (non-hydrogen) atoms. The maximum absolute atomic E-state index is 11.4. The maximum Gasteiger partial charge on any atom is 0.380 e. The van der Waals surface area contributed by atoms with Crippen LogP contribution < -0.4 is 9.32 Å². The van der Waals surface area contributed by atoms with Gasteiger partial charge in [-0.2, -0.15) is 13.6 Å². The highest BCUT2D eigenvalue weighted by molar-refractivity contribution is 7.84. The van der Waals surface area contributed by atoms with Gasteiger partial charge in [0.1, 0.15) is 5.75 Å². The molecular formula is C21H31NO4S. The molecule has 6 heteroatoms. The minimum atomic E-state index is -4.02. The van der Waals surface area contributed by atoms with E-state index in [4.69, 9.17) is 9.32 Å². The van der Waals surface area contributed by atoms with E-state index in [9.17, 15) is 13.5 Å². The van der Waals surface area contributed by atoms with E-state index in [0.29, 0.717) is 29.9 Å². The predicted octanol–water partition coefficient (Wildman–Crippen LogP) is 3.44. The summed E-state index contributed by atoms with van der Waals surface area (Å²) in [4.78, 5) is 0. The molecule has 3 aliphatic carbocycles. The van der Waals surface area contributed by atoms with E-state index in [2.05, 4.69) is 13.0 Å². The van der Waals surface area contributed by atoms with Crippen LogP contribution in [0.2, 0.25) is 0 Å². The summed E-state index contributed by atoms with van der Waals surface area (Å²) in [6, 6.07) is 4.06. The van der Waals surface area contributed by atoms with Crippen LogP contribution in [0.5, 0.6) is 5.75 Å². The predicted molar refractivity (Wildman–Crippen MR) is 105 cm³/mol. The van der Waals surface area contributed by atoms with Crippen LogP contribution in [0.25, 0.3) is 0 Å². The van der Waals surface area contributed by atoms with Crippen molar-refractivity contribution < 1.29 is 17.7 Å². The monoisotopic (exact) mass is 393 g/mol. The summed E-state index contributed by atoms with van der Waals surface area (Å²) < 4.78 is 27.9. The van der Waals surface area contributed by atoms with E-state index >= 15 is 0 Å². The molecule has 150 valence electrons. The summed E-state index contributed by atoms with van der Waals surface area (Å²) in [5.41, 5.74) is 3.53. The van der Waals surface area contributed by atoms with Crippen molar-refractivity contribution in [2.45, 2.75) is 77.2 Å². The van der Waals surface area contributed by atoms with E-state index in [1.165, 1.54) is 17.5 Å². The highest BCUT2D eigenvalue weighted by atomic mass is 32.2. The third-order valence-electron chi connectivity index (χ3n) is 7.68. The van der Waals surface area contributed by atoms with Gasteiger partial charge < -0.3 is 9.29 Å². The first kappa shape index (κ1) is 19.2. The van der Waals surface area contributed by atoms with Crippen molar-refractivity contribution in [3.63, 3.8) is 0 Å². The third kappa shape index (κ3) is 3.30. The average Bonchev–Trinajstić information content (AvgIpc) is 2.60. The topological polar surface area (TPSA) is 89.6 Å². The molecule has 0 heterocycles. The third-order valence-corrected chi connectivity index (χ3v) is 8.10. The minimum Gasteiger partial charge on any atom is -0.393 e. The lowest BCUT2D eigenvalue weighted by atomic mass is 9.50. The molecule has 0 amide bonds. The quantitative estimate of drug-likeness (QED) is 0.823. The number of benzene rings is 1. The Balaban J connectivity index is 1.70. The van der Waals surface area contributed by atoms with Gasteiger partial charge in [-0.1, -0.05) is 26.3 Å². The Morgan fingerprint density at radius 3 is 2.74 bits per heavy atom. The summed E-state index contributed by atoms with van der Waals surface area (Å²) in [6.07, 6.45) is 8.02. The van der Waals surface area contributed by atoms with Gasteiger partial charge in [0.15, 0.2) is 0 Å². The summed E-state index contributed by atoms with van der Waals surface area (Å²) in [7, 11) is -4.02. The van der Waals surface area contributed by atoms with E-state index in [1.54, 1.807) is 0 Å². The zero-order chi connectivity index (χ0) is 19.4. The SMILES string of the molecule is CCc1cc2c(cc1OS(N)(=O)=O)CC[C@@H]1[C@@H]2CC[C@]2(C)C(O)CCC[C@@H]12. The minimum absolute atomic E-state index is 0.0567. The molecule has 0 bridgehead atoms. The van der Waals surface area contributed by atoms with Gasteiger partial charge in [-0.15, -0.1) is 0 Å². The van der Waals surface area contributed by atoms with Gasteiger partial charge >= 0.3 is 10.3 Å². The largest absolute Gasteiger partial charge is 0.393 e. The fourth-order valence-corrected chi connectivity index (χ4v) is 6.70. The van der Waals surface area contributed by atoms with Crippen LogP contribution in [0.1, 0.15) is 75.0 Å². The van der Waals surface area contributed by atoms with Gasteiger partial charge in [0.2, 0.25) is 0 Å². The molecular weight excluding hydrogens is 362 g/mol. The van der Waals surface area contributed by atoms with Crippen molar-refractivity contribution in [1.29, 1.82) is 0 Å². The van der Waals surface area contributed by atoms with Crippen molar-refractivity contribution in [2.24, 2.45) is 22.4 Å². The summed E-state index contributed by atoms with van der Waals surface area (Å²) >= 11 is 0. The van der Waals surface area contributed by atoms with Gasteiger partial charge in [-0.05, 0) is 90.9 Å². The number of aliphatic hydroxyl groups excluding tert-OH is 1. The normalized spacial score (nSPS) is 35.7. The number of rotatable bonds is 3.